The number of rotatable bonds is 0. The Balaban J connectivity index is 1.99. The molecule has 0 aromatic rings. The first-order valence-corrected chi connectivity index (χ1v) is 5.92. The fourth-order valence-electron chi connectivity index (χ4n) is 4.86. The molecule has 0 bridgehead atoms. The third-order valence-corrected chi connectivity index (χ3v) is 6.25. The average Bonchev–Trinajstić information content (AvgIpc) is 2.54. The van der Waals surface area contributed by atoms with E-state index in [1.54, 1.807) is 12.8 Å². The van der Waals surface area contributed by atoms with Crippen LogP contribution in [0, 0.1) is 28.1 Å². The highest BCUT2D eigenvalue weighted by molar-refractivity contribution is 5.25. The standard InChI is InChI=1S/C13H22/c1-9-7-12(4)8-13(12)6-5-10(13)11(9,2)3/h9-10H,5-8H2,1-4H3/t9?,10-,12?,13?/m0/s1. The number of hydrogen-bond acceptors (Lipinski definition) is 0. The molecule has 3 aliphatic rings. The van der Waals surface area contributed by atoms with Gasteiger partial charge in [-0.25, -0.2) is 0 Å². The van der Waals surface area contributed by atoms with Gasteiger partial charge in [-0.15, -0.1) is 0 Å². The van der Waals surface area contributed by atoms with Gasteiger partial charge in [0.1, 0.15) is 0 Å². The predicted octanol–water partition coefficient (Wildman–Crippen LogP) is 3.86. The Bertz CT molecular complexity index is 263. The SMILES string of the molecule is CC1CC2(C)CC23CC[C@H]3C1(C)C. The lowest BCUT2D eigenvalue weighted by atomic mass is 9.48. The third-order valence-electron chi connectivity index (χ3n) is 6.25. The maximum atomic E-state index is 2.55. The first-order valence-electron chi connectivity index (χ1n) is 5.92. The van der Waals surface area contributed by atoms with Gasteiger partial charge in [-0.3, -0.25) is 0 Å². The maximum Gasteiger partial charge on any atom is -0.0204 e. The molecule has 3 saturated carbocycles. The summed E-state index contributed by atoms with van der Waals surface area (Å²) in [5.41, 5.74) is 2.24. The van der Waals surface area contributed by atoms with Gasteiger partial charge in [0.05, 0.1) is 0 Å². The second-order valence-electron chi connectivity index (χ2n) is 6.91. The molecule has 0 aromatic heterocycles. The topological polar surface area (TPSA) is 0 Å². The summed E-state index contributed by atoms with van der Waals surface area (Å²) in [5.74, 6) is 2.01. The van der Waals surface area contributed by atoms with Crippen LogP contribution in [0.4, 0.5) is 0 Å². The first-order chi connectivity index (χ1) is 5.92. The summed E-state index contributed by atoms with van der Waals surface area (Å²) < 4.78 is 0. The lowest BCUT2D eigenvalue weighted by molar-refractivity contribution is -0.0822. The summed E-state index contributed by atoms with van der Waals surface area (Å²) in [6.07, 6.45) is 6.12. The zero-order valence-electron chi connectivity index (χ0n) is 9.48. The first kappa shape index (κ1) is 8.32. The molecular weight excluding hydrogens is 156 g/mol. The van der Waals surface area contributed by atoms with E-state index in [-0.39, 0.29) is 0 Å². The predicted molar refractivity (Wildman–Crippen MR) is 55.4 cm³/mol. The van der Waals surface area contributed by atoms with Crippen molar-refractivity contribution in [1.82, 2.24) is 0 Å². The highest BCUT2D eigenvalue weighted by atomic mass is 14.8. The molecule has 0 aromatic carbocycles. The molecule has 0 aliphatic heterocycles. The van der Waals surface area contributed by atoms with E-state index in [4.69, 9.17) is 0 Å². The van der Waals surface area contributed by atoms with Crippen molar-refractivity contribution in [3.8, 4) is 0 Å². The molecule has 3 unspecified atom stereocenters. The molecule has 3 fully saturated rings. The van der Waals surface area contributed by atoms with Crippen LogP contribution >= 0.6 is 0 Å². The molecule has 0 nitrogen and oxygen atoms in total. The van der Waals surface area contributed by atoms with Gasteiger partial charge < -0.3 is 0 Å². The minimum absolute atomic E-state index is 0.633. The maximum absolute atomic E-state index is 2.55. The fourth-order valence-corrected chi connectivity index (χ4v) is 4.86. The lowest BCUT2D eigenvalue weighted by Gasteiger charge is -2.57. The molecule has 74 valence electrons. The molecule has 0 radical (unpaired) electrons. The van der Waals surface area contributed by atoms with Crippen LogP contribution in [0.15, 0.2) is 0 Å². The van der Waals surface area contributed by atoms with E-state index in [1.807, 2.05) is 0 Å². The summed E-state index contributed by atoms with van der Waals surface area (Å²) in [7, 11) is 0. The van der Waals surface area contributed by atoms with E-state index in [2.05, 4.69) is 27.7 Å². The second kappa shape index (κ2) is 1.85. The van der Waals surface area contributed by atoms with Gasteiger partial charge in [0.15, 0.2) is 0 Å². The Hall–Kier alpha value is 0. The molecule has 3 rings (SSSR count). The van der Waals surface area contributed by atoms with Gasteiger partial charge in [0.2, 0.25) is 0 Å². The third kappa shape index (κ3) is 0.680. The van der Waals surface area contributed by atoms with Gasteiger partial charge >= 0.3 is 0 Å². The molecule has 0 saturated heterocycles. The van der Waals surface area contributed by atoms with Gasteiger partial charge in [0, 0.05) is 0 Å². The van der Waals surface area contributed by atoms with E-state index in [1.165, 1.54) is 12.8 Å². The van der Waals surface area contributed by atoms with Crippen molar-refractivity contribution in [3.05, 3.63) is 0 Å². The summed E-state index contributed by atoms with van der Waals surface area (Å²) >= 11 is 0. The van der Waals surface area contributed by atoms with Crippen molar-refractivity contribution >= 4 is 0 Å². The molecule has 3 aliphatic carbocycles. The molecular formula is C13H22. The van der Waals surface area contributed by atoms with Crippen LogP contribution < -0.4 is 0 Å². The van der Waals surface area contributed by atoms with Crippen LogP contribution in [-0.2, 0) is 0 Å². The van der Waals surface area contributed by atoms with Gasteiger partial charge in [-0.05, 0) is 53.8 Å². The normalized spacial score (nSPS) is 61.8. The smallest absolute Gasteiger partial charge is 0.0204 e. The van der Waals surface area contributed by atoms with Crippen LogP contribution in [0.1, 0.15) is 53.4 Å². The van der Waals surface area contributed by atoms with Gasteiger partial charge in [0.25, 0.3) is 0 Å². The van der Waals surface area contributed by atoms with Crippen molar-refractivity contribution in [2.45, 2.75) is 53.4 Å². The van der Waals surface area contributed by atoms with Crippen molar-refractivity contribution in [2.75, 3.05) is 0 Å². The number of hydrogen-bond donors (Lipinski definition) is 0. The molecule has 0 heteroatoms. The molecule has 0 amide bonds. The largest absolute Gasteiger partial charge is 0.0620 e. The zero-order chi connectivity index (χ0) is 9.48. The van der Waals surface area contributed by atoms with Crippen LogP contribution in [0.5, 0.6) is 0 Å². The Morgan fingerprint density at radius 1 is 1.15 bits per heavy atom. The highest BCUT2D eigenvalue weighted by Gasteiger charge is 2.76. The van der Waals surface area contributed by atoms with Gasteiger partial charge in [-0.1, -0.05) is 27.7 Å². The lowest BCUT2D eigenvalue weighted by Crippen LogP contribution is -2.49. The Labute approximate surface area is 82.1 Å². The highest BCUT2D eigenvalue weighted by Crippen LogP contribution is 2.84. The van der Waals surface area contributed by atoms with Crippen LogP contribution in [0.25, 0.3) is 0 Å². The van der Waals surface area contributed by atoms with Crippen LogP contribution in [-0.4, -0.2) is 0 Å². The second-order valence-corrected chi connectivity index (χ2v) is 6.91. The molecule has 0 N–H and O–H groups in total. The minimum Gasteiger partial charge on any atom is -0.0620 e. The molecule has 13 heavy (non-hydrogen) atoms. The van der Waals surface area contributed by atoms with E-state index in [0.717, 1.165) is 22.7 Å². The minimum atomic E-state index is 0.633. The van der Waals surface area contributed by atoms with E-state index in [0.29, 0.717) is 5.41 Å². The summed E-state index contributed by atoms with van der Waals surface area (Å²) in [6.45, 7) is 10.1. The Morgan fingerprint density at radius 3 is 2.38 bits per heavy atom. The van der Waals surface area contributed by atoms with Crippen molar-refractivity contribution in [1.29, 1.82) is 0 Å². The zero-order valence-corrected chi connectivity index (χ0v) is 9.48. The monoisotopic (exact) mass is 178 g/mol. The average molecular weight is 178 g/mol. The van der Waals surface area contributed by atoms with Crippen LogP contribution in [0.2, 0.25) is 0 Å². The fraction of sp³-hybridized carbons (Fsp3) is 1.00. The molecule has 4 atom stereocenters. The Morgan fingerprint density at radius 2 is 1.85 bits per heavy atom. The summed E-state index contributed by atoms with van der Waals surface area (Å²) in [5, 5.41) is 0. The van der Waals surface area contributed by atoms with E-state index >= 15 is 0 Å². The summed E-state index contributed by atoms with van der Waals surface area (Å²) in [6, 6.07) is 0. The molecule has 1 spiro atoms. The van der Waals surface area contributed by atoms with Crippen LogP contribution in [0.3, 0.4) is 0 Å². The van der Waals surface area contributed by atoms with E-state index in [9.17, 15) is 0 Å². The quantitative estimate of drug-likeness (QED) is 0.528. The summed E-state index contributed by atoms with van der Waals surface area (Å²) in [4.78, 5) is 0. The Kier molecular flexibility index (Phi) is 1.19. The van der Waals surface area contributed by atoms with E-state index < -0.39 is 0 Å². The molecule has 0 heterocycles. The van der Waals surface area contributed by atoms with Gasteiger partial charge in [-0.2, -0.15) is 0 Å². The van der Waals surface area contributed by atoms with Crippen molar-refractivity contribution in [2.24, 2.45) is 28.1 Å². The van der Waals surface area contributed by atoms with Crippen molar-refractivity contribution < 1.29 is 0 Å². The van der Waals surface area contributed by atoms with Crippen molar-refractivity contribution in [3.63, 3.8) is 0 Å².